The summed E-state index contributed by atoms with van der Waals surface area (Å²) in [5.74, 6) is 0. The van der Waals surface area contributed by atoms with Crippen LogP contribution in [0.1, 0.15) is 0 Å². The first-order chi connectivity index (χ1) is 7.25. The van der Waals surface area contributed by atoms with E-state index >= 15 is 0 Å². The first-order valence-electron chi connectivity index (χ1n) is 4.71. The van der Waals surface area contributed by atoms with Gasteiger partial charge in [0.1, 0.15) is 0 Å². The Hall–Kier alpha value is -1.67. The Kier molecular flexibility index (Phi) is 1.67. The molecule has 1 aromatic heterocycles. The lowest BCUT2D eigenvalue weighted by Crippen LogP contribution is -1.85. The van der Waals surface area contributed by atoms with Crippen molar-refractivity contribution in [2.45, 2.75) is 0 Å². The van der Waals surface area contributed by atoms with Crippen molar-refractivity contribution in [1.29, 1.82) is 0 Å². The highest BCUT2D eigenvalue weighted by Crippen LogP contribution is 2.31. The summed E-state index contributed by atoms with van der Waals surface area (Å²) in [7, 11) is 0. The van der Waals surface area contributed by atoms with Gasteiger partial charge in [0.05, 0.1) is 11.2 Å². The van der Waals surface area contributed by atoms with Gasteiger partial charge >= 0.3 is 0 Å². The van der Waals surface area contributed by atoms with Crippen LogP contribution in [0.25, 0.3) is 21.8 Å². The molecule has 0 aliphatic rings. The smallest absolute Gasteiger partial charge is 0.0699 e. The van der Waals surface area contributed by atoms with Crippen LogP contribution in [-0.2, 0) is 0 Å². The van der Waals surface area contributed by atoms with Crippen molar-refractivity contribution in [3.8, 4) is 0 Å². The number of para-hydroxylation sites is 1. The molecule has 0 aliphatic carbocycles. The Morgan fingerprint density at radius 3 is 2.73 bits per heavy atom. The van der Waals surface area contributed by atoms with E-state index in [4.69, 9.17) is 17.3 Å². The van der Waals surface area contributed by atoms with E-state index in [9.17, 15) is 0 Å². The van der Waals surface area contributed by atoms with Gasteiger partial charge in [0.25, 0.3) is 0 Å². The highest BCUT2D eigenvalue weighted by atomic mass is 35.5. The number of anilines is 1. The molecule has 0 fully saturated rings. The van der Waals surface area contributed by atoms with Gasteiger partial charge in [-0.1, -0.05) is 29.8 Å². The molecule has 3 heteroatoms. The monoisotopic (exact) mass is 216 g/mol. The van der Waals surface area contributed by atoms with Crippen LogP contribution >= 0.6 is 11.6 Å². The van der Waals surface area contributed by atoms with Gasteiger partial charge < -0.3 is 10.7 Å². The average molecular weight is 217 g/mol. The number of hydrogen-bond donors (Lipinski definition) is 2. The van der Waals surface area contributed by atoms with Crippen LogP contribution in [0.3, 0.4) is 0 Å². The number of nitrogens with one attached hydrogen (secondary N) is 1. The zero-order valence-electron chi connectivity index (χ0n) is 7.92. The zero-order chi connectivity index (χ0) is 10.4. The van der Waals surface area contributed by atoms with E-state index in [1.807, 2.05) is 24.3 Å². The van der Waals surface area contributed by atoms with Crippen LogP contribution in [-0.4, -0.2) is 4.98 Å². The number of hydrogen-bond acceptors (Lipinski definition) is 1. The number of aromatic amines is 1. The SMILES string of the molecule is Nc1cc(Cl)cc2c1[nH]c1ccccc12. The van der Waals surface area contributed by atoms with Gasteiger partial charge in [-0.15, -0.1) is 0 Å². The summed E-state index contributed by atoms with van der Waals surface area (Å²) >= 11 is 5.99. The largest absolute Gasteiger partial charge is 0.397 e. The topological polar surface area (TPSA) is 41.8 Å². The molecule has 0 atom stereocenters. The van der Waals surface area contributed by atoms with Crippen molar-refractivity contribution in [1.82, 2.24) is 4.98 Å². The van der Waals surface area contributed by atoms with Gasteiger partial charge in [0.15, 0.2) is 0 Å². The zero-order valence-corrected chi connectivity index (χ0v) is 8.68. The molecule has 0 radical (unpaired) electrons. The summed E-state index contributed by atoms with van der Waals surface area (Å²) < 4.78 is 0. The molecule has 1 heterocycles. The van der Waals surface area contributed by atoms with E-state index in [-0.39, 0.29) is 0 Å². The minimum absolute atomic E-state index is 0.671. The van der Waals surface area contributed by atoms with E-state index < -0.39 is 0 Å². The number of fused-ring (bicyclic) bond motifs is 3. The normalized spacial score (nSPS) is 11.3. The summed E-state index contributed by atoms with van der Waals surface area (Å²) in [6, 6.07) is 11.8. The second-order valence-corrected chi connectivity index (χ2v) is 4.02. The van der Waals surface area contributed by atoms with Gasteiger partial charge in [0, 0.05) is 21.3 Å². The Morgan fingerprint density at radius 2 is 1.87 bits per heavy atom. The minimum atomic E-state index is 0.671. The lowest BCUT2D eigenvalue weighted by Gasteiger charge is -1.97. The van der Waals surface area contributed by atoms with Crippen LogP contribution in [0.2, 0.25) is 5.02 Å². The van der Waals surface area contributed by atoms with E-state index in [2.05, 4.69) is 11.1 Å². The lowest BCUT2D eigenvalue weighted by molar-refractivity contribution is 1.54. The molecule has 0 spiro atoms. The average Bonchev–Trinajstić information content (AvgIpc) is 2.57. The van der Waals surface area contributed by atoms with Gasteiger partial charge in [-0.25, -0.2) is 0 Å². The Bertz CT molecular complexity index is 655. The van der Waals surface area contributed by atoms with Crippen molar-refractivity contribution in [2.24, 2.45) is 0 Å². The molecule has 0 saturated carbocycles. The third-order valence-electron chi connectivity index (χ3n) is 2.61. The number of aromatic nitrogens is 1. The molecular formula is C12H9ClN2. The molecule has 2 nitrogen and oxygen atoms in total. The summed E-state index contributed by atoms with van der Waals surface area (Å²) in [5.41, 5.74) is 8.64. The van der Waals surface area contributed by atoms with Crippen LogP contribution < -0.4 is 5.73 Å². The van der Waals surface area contributed by atoms with E-state index in [0.29, 0.717) is 10.7 Å². The molecule has 3 rings (SSSR count). The standard InChI is InChI=1S/C12H9ClN2/c13-7-5-9-8-3-1-2-4-11(8)15-12(9)10(14)6-7/h1-6,15H,14H2. The van der Waals surface area contributed by atoms with Gasteiger partial charge in [-0.05, 0) is 18.2 Å². The summed E-state index contributed by atoms with van der Waals surface area (Å²) in [6.45, 7) is 0. The third kappa shape index (κ3) is 1.18. The number of nitrogen functional groups attached to an aromatic ring is 1. The second kappa shape index (κ2) is 2.91. The van der Waals surface area contributed by atoms with Crippen LogP contribution in [0, 0.1) is 0 Å². The maximum Gasteiger partial charge on any atom is 0.0699 e. The third-order valence-corrected chi connectivity index (χ3v) is 2.83. The van der Waals surface area contributed by atoms with E-state index in [1.54, 1.807) is 6.07 Å². The number of H-pyrrole nitrogens is 1. The van der Waals surface area contributed by atoms with Gasteiger partial charge in [-0.3, -0.25) is 0 Å². The van der Waals surface area contributed by atoms with E-state index in [0.717, 1.165) is 21.8 Å². The van der Waals surface area contributed by atoms with E-state index in [1.165, 1.54) is 0 Å². The molecule has 74 valence electrons. The predicted octanol–water partition coefficient (Wildman–Crippen LogP) is 3.56. The number of rotatable bonds is 0. The number of nitrogens with two attached hydrogens (primary N) is 1. The molecule has 0 bridgehead atoms. The maximum absolute atomic E-state index is 5.99. The predicted molar refractivity (Wildman–Crippen MR) is 65.2 cm³/mol. The molecule has 3 N–H and O–H groups in total. The summed E-state index contributed by atoms with van der Waals surface area (Å²) in [6.07, 6.45) is 0. The van der Waals surface area contributed by atoms with Crippen molar-refractivity contribution in [2.75, 3.05) is 5.73 Å². The van der Waals surface area contributed by atoms with Crippen molar-refractivity contribution >= 4 is 39.1 Å². The van der Waals surface area contributed by atoms with Crippen molar-refractivity contribution in [3.05, 3.63) is 41.4 Å². The molecule has 3 aromatic rings. The molecular weight excluding hydrogens is 208 g/mol. The fourth-order valence-corrected chi connectivity index (χ4v) is 2.17. The molecule has 0 saturated heterocycles. The number of halogens is 1. The minimum Gasteiger partial charge on any atom is -0.397 e. The van der Waals surface area contributed by atoms with Crippen LogP contribution in [0.5, 0.6) is 0 Å². The fourth-order valence-electron chi connectivity index (χ4n) is 1.94. The quantitative estimate of drug-likeness (QED) is 0.555. The fraction of sp³-hybridized carbons (Fsp3) is 0. The van der Waals surface area contributed by atoms with Gasteiger partial charge in [0.2, 0.25) is 0 Å². The Morgan fingerprint density at radius 1 is 1.07 bits per heavy atom. The van der Waals surface area contributed by atoms with Gasteiger partial charge in [-0.2, -0.15) is 0 Å². The second-order valence-electron chi connectivity index (χ2n) is 3.59. The highest BCUT2D eigenvalue weighted by Gasteiger charge is 2.06. The molecule has 15 heavy (non-hydrogen) atoms. The van der Waals surface area contributed by atoms with Crippen LogP contribution in [0.15, 0.2) is 36.4 Å². The molecule has 0 amide bonds. The Balaban J connectivity index is 2.61. The summed E-state index contributed by atoms with van der Waals surface area (Å²) in [5, 5.41) is 2.90. The lowest BCUT2D eigenvalue weighted by atomic mass is 10.1. The van der Waals surface area contributed by atoms with Crippen molar-refractivity contribution in [3.63, 3.8) is 0 Å². The first kappa shape index (κ1) is 8.62. The number of benzene rings is 2. The first-order valence-corrected chi connectivity index (χ1v) is 5.09. The van der Waals surface area contributed by atoms with Crippen molar-refractivity contribution < 1.29 is 0 Å². The summed E-state index contributed by atoms with van der Waals surface area (Å²) in [4.78, 5) is 3.29. The molecule has 2 aromatic carbocycles. The Labute approximate surface area is 91.6 Å². The molecule has 0 unspecified atom stereocenters. The highest BCUT2D eigenvalue weighted by molar-refractivity contribution is 6.32. The maximum atomic E-state index is 5.99. The molecule has 0 aliphatic heterocycles. The van der Waals surface area contributed by atoms with Crippen LogP contribution in [0.4, 0.5) is 5.69 Å².